The van der Waals surface area contributed by atoms with E-state index < -0.39 is 12.2 Å². The minimum absolute atomic E-state index is 0.109. The Morgan fingerprint density at radius 3 is 2.44 bits per heavy atom. The molecule has 2 atom stereocenters. The third kappa shape index (κ3) is 4.21. The molecule has 4 heteroatoms. The Morgan fingerprint density at radius 2 is 1.81 bits per heavy atom. The van der Waals surface area contributed by atoms with E-state index in [0.29, 0.717) is 19.8 Å². The summed E-state index contributed by atoms with van der Waals surface area (Å²) in [4.78, 5) is 0. The molecule has 27 heavy (non-hydrogen) atoms. The maximum Gasteiger partial charge on any atom is 0.140 e. The molecular formula is C23H30O4. The van der Waals surface area contributed by atoms with Crippen LogP contribution in [0.4, 0.5) is 0 Å². The molecule has 0 aliphatic carbocycles. The predicted molar refractivity (Wildman–Crippen MR) is 106 cm³/mol. The third-order valence-electron chi connectivity index (χ3n) is 5.19. The van der Waals surface area contributed by atoms with Crippen LogP contribution in [0.25, 0.3) is 0 Å². The van der Waals surface area contributed by atoms with E-state index in [4.69, 9.17) is 9.47 Å². The monoisotopic (exact) mass is 370 g/mol. The molecule has 0 bridgehead atoms. The molecule has 0 saturated carbocycles. The minimum atomic E-state index is -0.965. The van der Waals surface area contributed by atoms with Crippen molar-refractivity contribution in [3.8, 4) is 17.6 Å². The lowest BCUT2D eigenvalue weighted by Gasteiger charge is -2.24. The lowest BCUT2D eigenvalue weighted by Crippen LogP contribution is -2.19. The van der Waals surface area contributed by atoms with Crippen molar-refractivity contribution in [1.29, 1.82) is 0 Å². The van der Waals surface area contributed by atoms with E-state index in [1.807, 2.05) is 18.2 Å². The SMILES string of the molecule is CC(C)(C)c1cc(C(O)C#CC(O)C2=CCCOC2)cc2c1OCC2(C)C. The van der Waals surface area contributed by atoms with Gasteiger partial charge in [-0.3, -0.25) is 0 Å². The third-order valence-corrected chi connectivity index (χ3v) is 5.19. The number of hydrogen-bond donors (Lipinski definition) is 2. The van der Waals surface area contributed by atoms with Crippen molar-refractivity contribution >= 4 is 0 Å². The fourth-order valence-electron chi connectivity index (χ4n) is 3.46. The first-order valence-corrected chi connectivity index (χ1v) is 9.55. The Morgan fingerprint density at radius 1 is 1.11 bits per heavy atom. The Bertz CT molecular complexity index is 802. The first-order chi connectivity index (χ1) is 12.6. The summed E-state index contributed by atoms with van der Waals surface area (Å²) in [6, 6.07) is 3.97. The number of benzene rings is 1. The van der Waals surface area contributed by atoms with Crippen LogP contribution in [0, 0.1) is 11.8 Å². The van der Waals surface area contributed by atoms with Gasteiger partial charge in [0.25, 0.3) is 0 Å². The molecule has 0 aromatic heterocycles. The van der Waals surface area contributed by atoms with Gasteiger partial charge in [0.1, 0.15) is 18.0 Å². The summed E-state index contributed by atoms with van der Waals surface area (Å²) in [7, 11) is 0. The van der Waals surface area contributed by atoms with Crippen LogP contribution < -0.4 is 4.74 Å². The highest BCUT2D eigenvalue weighted by molar-refractivity contribution is 5.54. The highest BCUT2D eigenvalue weighted by atomic mass is 16.5. The number of fused-ring (bicyclic) bond motifs is 1. The van der Waals surface area contributed by atoms with E-state index in [9.17, 15) is 10.2 Å². The summed E-state index contributed by atoms with van der Waals surface area (Å²) >= 11 is 0. The smallest absolute Gasteiger partial charge is 0.140 e. The Hall–Kier alpha value is -1.80. The molecule has 0 amide bonds. The molecule has 1 aromatic rings. The zero-order chi connectivity index (χ0) is 19.8. The predicted octanol–water partition coefficient (Wildman–Crippen LogP) is 3.40. The first-order valence-electron chi connectivity index (χ1n) is 9.55. The summed E-state index contributed by atoms with van der Waals surface area (Å²) in [6.07, 6.45) is 0.872. The number of hydrogen-bond acceptors (Lipinski definition) is 4. The second kappa shape index (κ2) is 7.31. The minimum Gasteiger partial charge on any atom is -0.492 e. The van der Waals surface area contributed by atoms with Gasteiger partial charge in [-0.05, 0) is 35.1 Å². The highest BCUT2D eigenvalue weighted by Gasteiger charge is 2.36. The van der Waals surface area contributed by atoms with Crippen molar-refractivity contribution in [3.63, 3.8) is 0 Å². The van der Waals surface area contributed by atoms with E-state index in [1.54, 1.807) is 0 Å². The summed E-state index contributed by atoms with van der Waals surface area (Å²) in [5.74, 6) is 6.52. The zero-order valence-electron chi connectivity index (χ0n) is 16.9. The lowest BCUT2D eigenvalue weighted by molar-refractivity contribution is 0.130. The van der Waals surface area contributed by atoms with Gasteiger partial charge in [-0.15, -0.1) is 0 Å². The second-order valence-electron chi connectivity index (χ2n) is 9.08. The van der Waals surface area contributed by atoms with Crippen LogP contribution in [0.2, 0.25) is 0 Å². The van der Waals surface area contributed by atoms with E-state index in [0.717, 1.165) is 34.4 Å². The first kappa shape index (κ1) is 19.9. The summed E-state index contributed by atoms with van der Waals surface area (Å²) < 4.78 is 11.4. The van der Waals surface area contributed by atoms with E-state index >= 15 is 0 Å². The molecular weight excluding hydrogens is 340 g/mol. The molecule has 2 unspecified atom stereocenters. The average molecular weight is 370 g/mol. The fraction of sp³-hybridized carbons (Fsp3) is 0.565. The number of ether oxygens (including phenoxy) is 2. The quantitative estimate of drug-likeness (QED) is 0.619. The maximum absolute atomic E-state index is 10.7. The molecule has 0 radical (unpaired) electrons. The lowest BCUT2D eigenvalue weighted by atomic mass is 9.79. The Balaban J connectivity index is 1.93. The van der Waals surface area contributed by atoms with E-state index in [2.05, 4.69) is 46.5 Å². The summed E-state index contributed by atoms with van der Waals surface area (Å²) in [5.41, 5.74) is 3.46. The van der Waals surface area contributed by atoms with Gasteiger partial charge in [-0.1, -0.05) is 52.5 Å². The molecule has 2 heterocycles. The normalized spacial score (nSPS) is 20.6. The van der Waals surface area contributed by atoms with Crippen LogP contribution in [0.15, 0.2) is 23.8 Å². The van der Waals surface area contributed by atoms with Gasteiger partial charge in [0.15, 0.2) is 0 Å². The zero-order valence-corrected chi connectivity index (χ0v) is 16.9. The molecule has 0 fully saturated rings. The topological polar surface area (TPSA) is 58.9 Å². The van der Waals surface area contributed by atoms with Gasteiger partial charge in [0.2, 0.25) is 0 Å². The van der Waals surface area contributed by atoms with Gasteiger partial charge in [0, 0.05) is 16.5 Å². The van der Waals surface area contributed by atoms with E-state index in [1.165, 1.54) is 0 Å². The molecule has 0 saturated heterocycles. The van der Waals surface area contributed by atoms with E-state index in [-0.39, 0.29) is 10.8 Å². The standard InChI is InChI=1S/C23H30O4/c1-22(2,3)17-11-16(12-18-21(17)27-14-23(18,4)5)20(25)9-8-19(24)15-7-6-10-26-13-15/h7,11-12,19-20,24-25H,6,10,13-14H2,1-5H3. The number of aliphatic hydroxyl groups is 2. The fourth-order valence-corrected chi connectivity index (χ4v) is 3.46. The van der Waals surface area contributed by atoms with Crippen LogP contribution in [-0.4, -0.2) is 36.1 Å². The average Bonchev–Trinajstić information content (AvgIpc) is 2.93. The van der Waals surface area contributed by atoms with Crippen molar-refractivity contribution in [2.75, 3.05) is 19.8 Å². The molecule has 146 valence electrons. The molecule has 0 spiro atoms. The molecule has 2 aliphatic rings. The van der Waals surface area contributed by atoms with Crippen molar-refractivity contribution in [2.45, 2.75) is 64.1 Å². The van der Waals surface area contributed by atoms with Gasteiger partial charge >= 0.3 is 0 Å². The summed E-state index contributed by atoms with van der Waals surface area (Å²) in [5, 5.41) is 20.9. The Labute approximate surface area is 162 Å². The summed E-state index contributed by atoms with van der Waals surface area (Å²) in [6.45, 7) is 12.4. The van der Waals surface area contributed by atoms with Gasteiger partial charge in [-0.25, -0.2) is 0 Å². The van der Waals surface area contributed by atoms with Crippen LogP contribution in [0.3, 0.4) is 0 Å². The van der Waals surface area contributed by atoms with Crippen LogP contribution in [0.5, 0.6) is 5.75 Å². The molecule has 1 aromatic carbocycles. The largest absolute Gasteiger partial charge is 0.492 e. The van der Waals surface area contributed by atoms with Crippen molar-refractivity contribution in [2.24, 2.45) is 0 Å². The highest BCUT2D eigenvalue weighted by Crippen LogP contribution is 2.46. The Kier molecular flexibility index (Phi) is 5.40. The molecule has 2 N–H and O–H groups in total. The van der Waals surface area contributed by atoms with Crippen molar-refractivity contribution in [1.82, 2.24) is 0 Å². The molecule has 3 rings (SSSR count). The van der Waals surface area contributed by atoms with Crippen molar-refractivity contribution < 1.29 is 19.7 Å². The second-order valence-corrected chi connectivity index (χ2v) is 9.08. The van der Waals surface area contributed by atoms with Gasteiger partial charge in [0.05, 0.1) is 19.8 Å². The van der Waals surface area contributed by atoms with Gasteiger partial charge in [-0.2, -0.15) is 0 Å². The van der Waals surface area contributed by atoms with Gasteiger partial charge < -0.3 is 19.7 Å². The van der Waals surface area contributed by atoms with Crippen LogP contribution in [-0.2, 0) is 15.6 Å². The molecule has 2 aliphatic heterocycles. The van der Waals surface area contributed by atoms with Crippen molar-refractivity contribution in [3.05, 3.63) is 40.5 Å². The van der Waals surface area contributed by atoms with Crippen LogP contribution >= 0.6 is 0 Å². The number of aliphatic hydroxyl groups excluding tert-OH is 2. The van der Waals surface area contributed by atoms with Crippen LogP contribution in [0.1, 0.15) is 63.8 Å². The number of rotatable bonds is 2. The maximum atomic E-state index is 10.7. The molecule has 4 nitrogen and oxygen atoms in total.